The molecule has 2 saturated carbocycles. The molecule has 1 atom stereocenters. The molecule has 0 radical (unpaired) electrons. The molecule has 1 aromatic carbocycles. The van der Waals surface area contributed by atoms with Crippen molar-refractivity contribution in [2.75, 3.05) is 0 Å². The molecule has 1 amide bonds. The van der Waals surface area contributed by atoms with Gasteiger partial charge in [0.2, 0.25) is 5.91 Å². The van der Waals surface area contributed by atoms with E-state index in [1.807, 2.05) is 24.3 Å². The van der Waals surface area contributed by atoms with Crippen molar-refractivity contribution in [2.24, 2.45) is 5.92 Å². The Morgan fingerprint density at radius 2 is 1.62 bits per heavy atom. The highest BCUT2D eigenvalue weighted by molar-refractivity contribution is 5.80. The molecule has 0 saturated heterocycles. The van der Waals surface area contributed by atoms with Crippen molar-refractivity contribution in [1.29, 1.82) is 0 Å². The van der Waals surface area contributed by atoms with Crippen LogP contribution in [0.5, 0.6) is 5.75 Å². The number of ether oxygens (including phenoxy) is 1. The van der Waals surface area contributed by atoms with Crippen molar-refractivity contribution < 1.29 is 19.4 Å². The number of hydrogen-bond acceptors (Lipinski definition) is 4. The molecule has 2 aliphatic carbocycles. The second-order valence-corrected chi connectivity index (χ2v) is 7.57. The Morgan fingerprint density at radius 1 is 1.00 bits per heavy atom. The van der Waals surface area contributed by atoms with Crippen molar-refractivity contribution in [3.05, 3.63) is 29.8 Å². The summed E-state index contributed by atoms with van der Waals surface area (Å²) in [7, 11) is 0. The third-order valence-electron chi connectivity index (χ3n) is 5.55. The van der Waals surface area contributed by atoms with Gasteiger partial charge in [-0.25, -0.2) is 0 Å². The molecule has 0 unspecified atom stereocenters. The summed E-state index contributed by atoms with van der Waals surface area (Å²) in [6, 6.07) is 6.86. The Bertz CT molecular complexity index is 601. The van der Waals surface area contributed by atoms with Crippen molar-refractivity contribution in [2.45, 2.75) is 76.4 Å². The zero-order chi connectivity index (χ0) is 18.4. The van der Waals surface area contributed by atoms with E-state index in [2.05, 4.69) is 5.32 Å². The molecule has 2 fully saturated rings. The first kappa shape index (κ1) is 18.7. The van der Waals surface area contributed by atoms with Crippen LogP contribution in [0.25, 0.3) is 0 Å². The Balaban J connectivity index is 1.64. The fraction of sp³-hybridized carbons (Fsp3) is 0.619. The van der Waals surface area contributed by atoms with E-state index in [1.165, 1.54) is 19.3 Å². The average Bonchev–Trinajstić information content (AvgIpc) is 3.15. The smallest absolute Gasteiger partial charge is 0.223 e. The lowest BCUT2D eigenvalue weighted by Gasteiger charge is -2.26. The minimum Gasteiger partial charge on any atom is -0.550 e. The molecule has 0 aromatic heterocycles. The Labute approximate surface area is 155 Å². The summed E-state index contributed by atoms with van der Waals surface area (Å²) >= 11 is 0. The summed E-state index contributed by atoms with van der Waals surface area (Å²) in [5, 5.41) is 14.1. The predicted molar refractivity (Wildman–Crippen MR) is 96.4 cm³/mol. The quantitative estimate of drug-likeness (QED) is 0.813. The fourth-order valence-electron chi connectivity index (χ4n) is 4.05. The lowest BCUT2D eigenvalue weighted by atomic mass is 9.88. The van der Waals surface area contributed by atoms with Crippen LogP contribution in [0.3, 0.4) is 0 Å². The van der Waals surface area contributed by atoms with E-state index in [0.717, 1.165) is 49.8 Å². The molecule has 0 aliphatic heterocycles. The van der Waals surface area contributed by atoms with E-state index in [-0.39, 0.29) is 24.3 Å². The zero-order valence-electron chi connectivity index (χ0n) is 15.2. The summed E-state index contributed by atoms with van der Waals surface area (Å²) in [4.78, 5) is 23.7. The maximum absolute atomic E-state index is 12.5. The molecular weight excluding hydrogens is 330 g/mol. The number of benzene rings is 1. The Hall–Kier alpha value is -2.04. The largest absolute Gasteiger partial charge is 0.550 e. The molecule has 0 bridgehead atoms. The molecule has 5 nitrogen and oxygen atoms in total. The molecule has 3 rings (SSSR count). The first-order valence-corrected chi connectivity index (χ1v) is 9.88. The van der Waals surface area contributed by atoms with E-state index in [4.69, 9.17) is 4.74 Å². The SMILES string of the molecule is O=C([O-])C[C@@H](NC(=O)C1CCCCC1)c1ccc(OC2CCCC2)cc1. The van der Waals surface area contributed by atoms with Crippen LogP contribution in [0.2, 0.25) is 0 Å². The minimum atomic E-state index is -1.16. The second-order valence-electron chi connectivity index (χ2n) is 7.57. The summed E-state index contributed by atoms with van der Waals surface area (Å²) in [6.07, 6.45) is 9.75. The van der Waals surface area contributed by atoms with Crippen molar-refractivity contribution >= 4 is 11.9 Å². The van der Waals surface area contributed by atoms with Crippen LogP contribution in [0.1, 0.15) is 75.8 Å². The lowest BCUT2D eigenvalue weighted by Crippen LogP contribution is -2.38. The van der Waals surface area contributed by atoms with Crippen LogP contribution >= 0.6 is 0 Å². The van der Waals surface area contributed by atoms with Crippen LogP contribution in [-0.2, 0) is 9.59 Å². The molecule has 0 heterocycles. The van der Waals surface area contributed by atoms with E-state index < -0.39 is 12.0 Å². The normalized spacial score (nSPS) is 19.8. The maximum atomic E-state index is 12.5. The van der Waals surface area contributed by atoms with Gasteiger partial charge in [0, 0.05) is 18.3 Å². The fourth-order valence-corrected chi connectivity index (χ4v) is 4.05. The monoisotopic (exact) mass is 358 g/mol. The molecule has 5 heteroatoms. The summed E-state index contributed by atoms with van der Waals surface area (Å²) in [6.45, 7) is 0. The number of amides is 1. The average molecular weight is 358 g/mol. The number of hydrogen-bond donors (Lipinski definition) is 1. The number of carbonyl (C=O) groups excluding carboxylic acids is 2. The van der Waals surface area contributed by atoms with Crippen molar-refractivity contribution in [3.63, 3.8) is 0 Å². The molecule has 26 heavy (non-hydrogen) atoms. The molecule has 2 aliphatic rings. The number of rotatable bonds is 7. The standard InChI is InChI=1S/C21H29NO4/c23-20(24)14-19(22-21(25)16-6-2-1-3-7-16)15-10-12-18(13-11-15)26-17-8-4-5-9-17/h10-13,16-17,19H,1-9,14H2,(H,22,25)(H,23,24)/p-1/t19-/m1/s1. The van der Waals surface area contributed by atoms with E-state index in [1.54, 1.807) is 0 Å². The molecule has 1 N–H and O–H groups in total. The third-order valence-corrected chi connectivity index (χ3v) is 5.55. The van der Waals surface area contributed by atoms with Gasteiger partial charge in [-0.1, -0.05) is 31.4 Å². The highest BCUT2D eigenvalue weighted by Crippen LogP contribution is 2.28. The number of carboxylic acids is 1. The predicted octanol–water partition coefficient (Wildman–Crippen LogP) is 2.89. The van der Waals surface area contributed by atoms with E-state index in [9.17, 15) is 14.7 Å². The summed E-state index contributed by atoms with van der Waals surface area (Å²) in [5.41, 5.74) is 0.775. The first-order chi connectivity index (χ1) is 12.6. The number of nitrogens with one attached hydrogen (secondary N) is 1. The minimum absolute atomic E-state index is 0.00187. The van der Waals surface area contributed by atoms with Crippen molar-refractivity contribution in [3.8, 4) is 5.75 Å². The van der Waals surface area contributed by atoms with Gasteiger partial charge in [-0.2, -0.15) is 0 Å². The number of aliphatic carboxylic acids is 1. The van der Waals surface area contributed by atoms with Gasteiger partial charge in [-0.05, 0) is 56.2 Å². The molecule has 1 aromatic rings. The van der Waals surface area contributed by atoms with E-state index in [0.29, 0.717) is 0 Å². The van der Waals surface area contributed by atoms with Crippen LogP contribution in [-0.4, -0.2) is 18.0 Å². The Kier molecular flexibility index (Phi) is 6.53. The highest BCUT2D eigenvalue weighted by atomic mass is 16.5. The van der Waals surface area contributed by atoms with Gasteiger partial charge in [0.25, 0.3) is 0 Å². The van der Waals surface area contributed by atoms with Gasteiger partial charge in [0.15, 0.2) is 0 Å². The first-order valence-electron chi connectivity index (χ1n) is 9.88. The highest BCUT2D eigenvalue weighted by Gasteiger charge is 2.24. The molecule has 0 spiro atoms. The van der Waals surface area contributed by atoms with Gasteiger partial charge in [0.1, 0.15) is 5.75 Å². The lowest BCUT2D eigenvalue weighted by molar-refractivity contribution is -0.306. The third kappa shape index (κ3) is 5.23. The zero-order valence-corrected chi connectivity index (χ0v) is 15.2. The van der Waals surface area contributed by atoms with Gasteiger partial charge in [-0.3, -0.25) is 4.79 Å². The second kappa shape index (κ2) is 9.06. The van der Waals surface area contributed by atoms with Gasteiger partial charge < -0.3 is 20.0 Å². The van der Waals surface area contributed by atoms with Gasteiger partial charge >= 0.3 is 0 Å². The molecular formula is C21H28NO4-. The number of carboxylic acid groups (broad SMARTS) is 1. The van der Waals surface area contributed by atoms with Crippen LogP contribution in [0, 0.1) is 5.92 Å². The summed E-state index contributed by atoms with van der Waals surface area (Å²) in [5.74, 6) is -0.406. The van der Waals surface area contributed by atoms with Crippen molar-refractivity contribution in [1.82, 2.24) is 5.32 Å². The maximum Gasteiger partial charge on any atom is 0.223 e. The number of carbonyl (C=O) groups is 2. The topological polar surface area (TPSA) is 78.5 Å². The van der Waals surface area contributed by atoms with Crippen LogP contribution < -0.4 is 15.2 Å². The van der Waals surface area contributed by atoms with E-state index >= 15 is 0 Å². The van der Waals surface area contributed by atoms with Crippen LogP contribution in [0.4, 0.5) is 0 Å². The Morgan fingerprint density at radius 3 is 2.23 bits per heavy atom. The van der Waals surface area contributed by atoms with Gasteiger partial charge in [-0.15, -0.1) is 0 Å². The van der Waals surface area contributed by atoms with Gasteiger partial charge in [0.05, 0.1) is 12.1 Å². The molecule has 142 valence electrons. The summed E-state index contributed by atoms with van der Waals surface area (Å²) < 4.78 is 5.95. The van der Waals surface area contributed by atoms with Crippen LogP contribution in [0.15, 0.2) is 24.3 Å².